The van der Waals surface area contributed by atoms with Crippen LogP contribution in [-0.4, -0.2) is 18.7 Å². The number of hydrogen-bond donors (Lipinski definition) is 1. The lowest BCUT2D eigenvalue weighted by Crippen LogP contribution is -2.24. The van der Waals surface area contributed by atoms with Gasteiger partial charge in [0.1, 0.15) is 17.3 Å². The fraction of sp³-hybridized carbons (Fsp3) is 0.100. The van der Waals surface area contributed by atoms with E-state index in [2.05, 4.69) is 26.5 Å². The van der Waals surface area contributed by atoms with Gasteiger partial charge in [-0.25, -0.2) is 5.43 Å². The van der Waals surface area contributed by atoms with Crippen LogP contribution >= 0.6 is 27.5 Å². The van der Waals surface area contributed by atoms with E-state index in [1.807, 2.05) is 31.2 Å². The molecule has 0 unspecified atom stereocenters. The van der Waals surface area contributed by atoms with E-state index >= 15 is 0 Å². The summed E-state index contributed by atoms with van der Waals surface area (Å²) >= 11 is 9.39. The molecule has 0 bridgehead atoms. The molecule has 2 aromatic carbocycles. The van der Waals surface area contributed by atoms with Crippen molar-refractivity contribution in [2.75, 3.05) is 6.61 Å². The summed E-state index contributed by atoms with van der Waals surface area (Å²) < 4.78 is 12.0. The molecule has 0 aliphatic heterocycles. The molecule has 0 aliphatic carbocycles. The first-order valence-electron chi connectivity index (χ1n) is 8.08. The Morgan fingerprint density at radius 3 is 2.89 bits per heavy atom. The molecule has 1 aromatic heterocycles. The van der Waals surface area contributed by atoms with Crippen LogP contribution in [0, 0.1) is 6.92 Å². The number of nitrogens with zero attached hydrogens (tertiary/aromatic N) is 1. The van der Waals surface area contributed by atoms with E-state index in [0.717, 1.165) is 15.6 Å². The summed E-state index contributed by atoms with van der Waals surface area (Å²) in [5.74, 6) is 1.35. The average Bonchev–Trinajstić information content (AvgIpc) is 3.08. The van der Waals surface area contributed by atoms with Gasteiger partial charge in [0.25, 0.3) is 5.91 Å². The van der Waals surface area contributed by atoms with Crippen molar-refractivity contribution in [1.82, 2.24) is 5.43 Å². The molecule has 0 saturated heterocycles. The Bertz CT molecular complexity index is 985. The Morgan fingerprint density at radius 2 is 2.11 bits per heavy atom. The number of halogens is 2. The van der Waals surface area contributed by atoms with Crippen molar-refractivity contribution in [2.24, 2.45) is 5.10 Å². The molecule has 3 rings (SSSR count). The summed E-state index contributed by atoms with van der Waals surface area (Å²) in [4.78, 5) is 11.8. The number of rotatable bonds is 6. The van der Waals surface area contributed by atoms with Crippen molar-refractivity contribution in [3.63, 3.8) is 0 Å². The van der Waals surface area contributed by atoms with Crippen LogP contribution in [0.1, 0.15) is 11.3 Å². The van der Waals surface area contributed by atoms with E-state index in [4.69, 9.17) is 20.8 Å². The van der Waals surface area contributed by atoms with Crippen LogP contribution in [-0.2, 0) is 4.79 Å². The number of ether oxygens (including phenoxy) is 1. The van der Waals surface area contributed by atoms with Crippen molar-refractivity contribution in [3.8, 4) is 17.1 Å². The molecule has 0 radical (unpaired) electrons. The first kappa shape index (κ1) is 19.2. The lowest BCUT2D eigenvalue weighted by molar-refractivity contribution is -0.123. The first-order valence-corrected chi connectivity index (χ1v) is 9.25. The molecule has 5 nitrogen and oxygen atoms in total. The summed E-state index contributed by atoms with van der Waals surface area (Å²) in [7, 11) is 0. The van der Waals surface area contributed by atoms with Gasteiger partial charge in [0.15, 0.2) is 6.61 Å². The van der Waals surface area contributed by atoms with E-state index in [0.29, 0.717) is 22.3 Å². The Hall–Kier alpha value is -2.57. The lowest BCUT2D eigenvalue weighted by Gasteiger charge is -2.04. The highest BCUT2D eigenvalue weighted by molar-refractivity contribution is 9.10. The molecular formula is C20H16BrClN2O3. The number of carbonyl (C=O) groups excluding carboxylic acids is 1. The smallest absolute Gasteiger partial charge is 0.277 e. The fourth-order valence-corrected chi connectivity index (χ4v) is 3.16. The van der Waals surface area contributed by atoms with E-state index in [9.17, 15) is 4.79 Å². The summed E-state index contributed by atoms with van der Waals surface area (Å²) in [5.41, 5.74) is 4.49. The highest BCUT2D eigenvalue weighted by atomic mass is 79.9. The highest BCUT2D eigenvalue weighted by Crippen LogP contribution is 2.30. The van der Waals surface area contributed by atoms with Crippen molar-refractivity contribution >= 4 is 39.7 Å². The largest absolute Gasteiger partial charge is 0.484 e. The topological polar surface area (TPSA) is 63.8 Å². The Balaban J connectivity index is 1.54. The summed E-state index contributed by atoms with van der Waals surface area (Å²) in [6.07, 6.45) is 1.43. The summed E-state index contributed by atoms with van der Waals surface area (Å²) in [5, 5.41) is 4.42. The normalized spacial score (nSPS) is 10.9. The van der Waals surface area contributed by atoms with Gasteiger partial charge in [0.2, 0.25) is 0 Å². The fourth-order valence-electron chi connectivity index (χ4n) is 2.29. The number of hydrogen-bond acceptors (Lipinski definition) is 4. The molecule has 3 aromatic rings. The number of aryl methyl sites for hydroxylation is 1. The molecule has 1 heterocycles. The van der Waals surface area contributed by atoms with Crippen molar-refractivity contribution in [2.45, 2.75) is 6.92 Å². The van der Waals surface area contributed by atoms with Gasteiger partial charge in [-0.3, -0.25) is 4.79 Å². The minimum atomic E-state index is -0.390. The molecule has 1 amide bonds. The molecule has 0 saturated carbocycles. The zero-order valence-corrected chi connectivity index (χ0v) is 16.8. The standard InChI is InChI=1S/C20H16BrClN2O3/c1-13-5-7-17(18(21)9-13)19-8-6-16(27-19)11-23-24-20(25)12-26-15-4-2-3-14(22)10-15/h2-11H,12H2,1H3,(H,24,25)/b23-11+. The van der Waals surface area contributed by atoms with E-state index < -0.39 is 0 Å². The van der Waals surface area contributed by atoms with Gasteiger partial charge in [-0.05, 0) is 55.0 Å². The lowest BCUT2D eigenvalue weighted by atomic mass is 10.1. The van der Waals surface area contributed by atoms with Gasteiger partial charge in [-0.1, -0.05) is 39.7 Å². The zero-order chi connectivity index (χ0) is 19.2. The van der Waals surface area contributed by atoms with E-state index in [1.165, 1.54) is 6.21 Å². The molecule has 27 heavy (non-hydrogen) atoms. The van der Waals surface area contributed by atoms with Crippen molar-refractivity contribution in [1.29, 1.82) is 0 Å². The first-order chi connectivity index (χ1) is 13.0. The number of nitrogens with one attached hydrogen (secondary N) is 1. The second-order valence-electron chi connectivity index (χ2n) is 5.72. The number of carbonyl (C=O) groups is 1. The van der Waals surface area contributed by atoms with E-state index in [-0.39, 0.29) is 12.5 Å². The Kier molecular flexibility index (Phi) is 6.32. The maximum Gasteiger partial charge on any atom is 0.277 e. The van der Waals surface area contributed by atoms with Crippen molar-refractivity contribution < 1.29 is 13.9 Å². The number of hydrazone groups is 1. The van der Waals surface area contributed by atoms with Crippen LogP contribution in [0.2, 0.25) is 5.02 Å². The maximum atomic E-state index is 11.8. The molecular weight excluding hydrogens is 432 g/mol. The monoisotopic (exact) mass is 446 g/mol. The number of furan rings is 1. The summed E-state index contributed by atoms with van der Waals surface area (Å²) in [6, 6.07) is 16.5. The Labute approximate surface area is 170 Å². The van der Waals surface area contributed by atoms with Crippen LogP contribution in [0.15, 0.2) is 68.6 Å². The Morgan fingerprint density at radius 1 is 1.26 bits per heavy atom. The van der Waals surface area contributed by atoms with Crippen molar-refractivity contribution in [3.05, 3.63) is 75.4 Å². The number of benzene rings is 2. The molecule has 0 fully saturated rings. The van der Waals surface area contributed by atoms with Gasteiger partial charge in [-0.2, -0.15) is 5.10 Å². The van der Waals surface area contributed by atoms with Crippen LogP contribution < -0.4 is 10.2 Å². The third-order valence-corrected chi connectivity index (χ3v) is 4.46. The van der Waals surface area contributed by atoms with Crippen LogP contribution in [0.5, 0.6) is 5.75 Å². The predicted octanol–water partition coefficient (Wildman–Crippen LogP) is 5.20. The quantitative estimate of drug-likeness (QED) is 0.417. The summed E-state index contributed by atoms with van der Waals surface area (Å²) in [6.45, 7) is 1.85. The second-order valence-corrected chi connectivity index (χ2v) is 7.02. The molecule has 7 heteroatoms. The average molecular weight is 448 g/mol. The molecule has 0 atom stereocenters. The van der Waals surface area contributed by atoms with Gasteiger partial charge < -0.3 is 9.15 Å². The molecule has 0 spiro atoms. The van der Waals surface area contributed by atoms with Gasteiger partial charge in [0.05, 0.1) is 6.21 Å². The molecule has 1 N–H and O–H groups in total. The predicted molar refractivity (Wildman–Crippen MR) is 109 cm³/mol. The molecule has 0 aliphatic rings. The highest BCUT2D eigenvalue weighted by Gasteiger charge is 2.08. The zero-order valence-electron chi connectivity index (χ0n) is 14.4. The van der Waals surface area contributed by atoms with Crippen LogP contribution in [0.4, 0.5) is 0 Å². The second kappa shape index (κ2) is 8.88. The van der Waals surface area contributed by atoms with Gasteiger partial charge in [-0.15, -0.1) is 0 Å². The van der Waals surface area contributed by atoms with Crippen LogP contribution in [0.25, 0.3) is 11.3 Å². The van der Waals surface area contributed by atoms with Gasteiger partial charge in [0, 0.05) is 15.1 Å². The third-order valence-electron chi connectivity index (χ3n) is 3.56. The number of amides is 1. The minimum absolute atomic E-state index is 0.169. The SMILES string of the molecule is Cc1ccc(-c2ccc(/C=N/NC(=O)COc3cccc(Cl)c3)o2)c(Br)c1. The van der Waals surface area contributed by atoms with Crippen LogP contribution in [0.3, 0.4) is 0 Å². The van der Waals surface area contributed by atoms with Gasteiger partial charge >= 0.3 is 0 Å². The third kappa shape index (κ3) is 5.45. The molecule has 138 valence electrons. The maximum absolute atomic E-state index is 11.8. The minimum Gasteiger partial charge on any atom is -0.484 e. The van der Waals surface area contributed by atoms with E-state index in [1.54, 1.807) is 30.3 Å².